The number of likely N-dealkylation sites (tertiary alicyclic amines) is 1. The van der Waals surface area contributed by atoms with Gasteiger partial charge in [-0.05, 0) is 18.9 Å². The lowest BCUT2D eigenvalue weighted by atomic mass is 9.94. The van der Waals surface area contributed by atoms with E-state index in [9.17, 15) is 4.79 Å². The average molecular weight is 330 g/mol. The van der Waals surface area contributed by atoms with E-state index in [-0.39, 0.29) is 17.8 Å². The number of carbonyl (C=O) groups excluding carboxylic acids is 1. The summed E-state index contributed by atoms with van der Waals surface area (Å²) in [5.41, 5.74) is 7.32. The molecule has 1 aliphatic rings. The number of piperidine rings is 1. The SMILES string of the molecule is COC(C(=O)N1CCCC(c2ccnc(N)n2)C1)c1cnn(C)c1. The molecule has 8 nitrogen and oxygen atoms in total. The number of hydrogen-bond acceptors (Lipinski definition) is 6. The average Bonchev–Trinajstić information content (AvgIpc) is 3.02. The predicted octanol–water partition coefficient (Wildman–Crippen LogP) is 0.886. The fourth-order valence-corrected chi connectivity index (χ4v) is 3.16. The van der Waals surface area contributed by atoms with Crippen molar-refractivity contribution in [3.05, 3.63) is 35.9 Å². The zero-order valence-electron chi connectivity index (χ0n) is 13.9. The van der Waals surface area contributed by atoms with Crippen molar-refractivity contribution in [2.24, 2.45) is 7.05 Å². The number of aromatic nitrogens is 4. The van der Waals surface area contributed by atoms with E-state index in [1.165, 1.54) is 0 Å². The molecule has 2 aromatic heterocycles. The maximum absolute atomic E-state index is 12.9. The van der Waals surface area contributed by atoms with Gasteiger partial charge in [0.05, 0.1) is 11.9 Å². The van der Waals surface area contributed by atoms with E-state index >= 15 is 0 Å². The Bertz CT molecular complexity index is 716. The Hall–Kier alpha value is -2.48. The summed E-state index contributed by atoms with van der Waals surface area (Å²) in [6.45, 7) is 1.32. The van der Waals surface area contributed by atoms with E-state index in [1.807, 2.05) is 18.0 Å². The van der Waals surface area contributed by atoms with E-state index < -0.39 is 6.10 Å². The van der Waals surface area contributed by atoms with Crippen LogP contribution in [0.2, 0.25) is 0 Å². The number of amides is 1. The van der Waals surface area contributed by atoms with Crippen LogP contribution in [0.1, 0.15) is 36.1 Å². The third-order valence-corrected chi connectivity index (χ3v) is 4.33. The quantitative estimate of drug-likeness (QED) is 0.893. The van der Waals surface area contributed by atoms with Crippen LogP contribution >= 0.6 is 0 Å². The molecule has 8 heteroatoms. The van der Waals surface area contributed by atoms with Crippen LogP contribution in [0.5, 0.6) is 0 Å². The van der Waals surface area contributed by atoms with Crippen LogP contribution in [0.25, 0.3) is 0 Å². The van der Waals surface area contributed by atoms with Crippen LogP contribution < -0.4 is 5.73 Å². The highest BCUT2D eigenvalue weighted by atomic mass is 16.5. The van der Waals surface area contributed by atoms with Gasteiger partial charge in [-0.25, -0.2) is 9.97 Å². The Balaban J connectivity index is 1.74. The standard InChI is InChI=1S/C16H22N6O2/c1-21-9-12(8-19-21)14(24-2)15(23)22-7-3-4-11(10-22)13-5-6-18-16(17)20-13/h5-6,8-9,11,14H,3-4,7,10H2,1-2H3,(H2,17,18,20). The molecule has 128 valence electrons. The zero-order chi connectivity index (χ0) is 17.1. The van der Waals surface area contributed by atoms with Gasteiger partial charge in [0.15, 0.2) is 6.10 Å². The summed E-state index contributed by atoms with van der Waals surface area (Å²) < 4.78 is 7.10. The minimum absolute atomic E-state index is 0.0442. The van der Waals surface area contributed by atoms with Crippen molar-refractivity contribution in [2.45, 2.75) is 24.9 Å². The lowest BCUT2D eigenvalue weighted by Gasteiger charge is -2.34. The van der Waals surface area contributed by atoms with Crippen molar-refractivity contribution in [2.75, 3.05) is 25.9 Å². The molecule has 1 fully saturated rings. The number of nitrogens with zero attached hydrogens (tertiary/aromatic N) is 5. The minimum Gasteiger partial charge on any atom is -0.368 e. The van der Waals surface area contributed by atoms with Crippen LogP contribution in [-0.2, 0) is 16.6 Å². The number of carbonyl (C=O) groups is 1. The molecular weight excluding hydrogens is 308 g/mol. The topological polar surface area (TPSA) is 99.2 Å². The van der Waals surface area contributed by atoms with Gasteiger partial charge in [0.1, 0.15) is 0 Å². The Kier molecular flexibility index (Phi) is 4.75. The van der Waals surface area contributed by atoms with Crippen molar-refractivity contribution in [3.8, 4) is 0 Å². The second-order valence-corrected chi connectivity index (χ2v) is 6.03. The fourth-order valence-electron chi connectivity index (χ4n) is 3.16. The summed E-state index contributed by atoms with van der Waals surface area (Å²) in [5.74, 6) is 0.387. The minimum atomic E-state index is -0.632. The largest absolute Gasteiger partial charge is 0.368 e. The molecule has 0 bridgehead atoms. The van der Waals surface area contributed by atoms with Crippen molar-refractivity contribution in [1.29, 1.82) is 0 Å². The molecule has 3 heterocycles. The van der Waals surface area contributed by atoms with Gasteiger partial charge in [-0.3, -0.25) is 9.48 Å². The molecule has 3 rings (SSSR count). The highest BCUT2D eigenvalue weighted by Gasteiger charge is 2.31. The molecule has 0 aromatic carbocycles. The molecule has 1 aliphatic heterocycles. The molecule has 0 radical (unpaired) electrons. The van der Waals surface area contributed by atoms with Crippen molar-refractivity contribution < 1.29 is 9.53 Å². The van der Waals surface area contributed by atoms with E-state index in [1.54, 1.807) is 30.4 Å². The summed E-state index contributed by atoms with van der Waals surface area (Å²) >= 11 is 0. The molecule has 2 N–H and O–H groups in total. The van der Waals surface area contributed by atoms with E-state index in [0.29, 0.717) is 6.54 Å². The summed E-state index contributed by atoms with van der Waals surface area (Å²) in [5, 5.41) is 4.12. The summed E-state index contributed by atoms with van der Waals surface area (Å²) in [6, 6.07) is 1.87. The predicted molar refractivity (Wildman–Crippen MR) is 88.0 cm³/mol. The number of anilines is 1. The summed E-state index contributed by atoms with van der Waals surface area (Å²) in [4.78, 5) is 23.0. The summed E-state index contributed by atoms with van der Waals surface area (Å²) in [7, 11) is 3.36. The Morgan fingerprint density at radius 1 is 1.50 bits per heavy atom. The number of rotatable bonds is 4. The van der Waals surface area contributed by atoms with Gasteiger partial charge in [-0.15, -0.1) is 0 Å². The Labute approximate surface area is 140 Å². The molecule has 0 saturated carbocycles. The van der Waals surface area contributed by atoms with Gasteiger partial charge in [-0.1, -0.05) is 0 Å². The third-order valence-electron chi connectivity index (χ3n) is 4.33. The first-order valence-electron chi connectivity index (χ1n) is 7.97. The van der Waals surface area contributed by atoms with Crippen molar-refractivity contribution in [3.63, 3.8) is 0 Å². The number of aryl methyl sites for hydroxylation is 1. The molecule has 2 aromatic rings. The highest BCUT2D eigenvalue weighted by Crippen LogP contribution is 2.28. The fraction of sp³-hybridized carbons (Fsp3) is 0.500. The number of nitrogens with two attached hydrogens (primary N) is 1. The normalized spacial score (nSPS) is 19.2. The van der Waals surface area contributed by atoms with Crippen LogP contribution in [0.3, 0.4) is 0 Å². The number of nitrogen functional groups attached to an aromatic ring is 1. The Morgan fingerprint density at radius 3 is 3.00 bits per heavy atom. The zero-order valence-corrected chi connectivity index (χ0v) is 13.9. The Morgan fingerprint density at radius 2 is 2.33 bits per heavy atom. The van der Waals surface area contributed by atoms with Crippen LogP contribution in [0.15, 0.2) is 24.7 Å². The number of ether oxygens (including phenoxy) is 1. The van der Waals surface area contributed by atoms with Crippen molar-refractivity contribution in [1.82, 2.24) is 24.6 Å². The van der Waals surface area contributed by atoms with E-state index in [4.69, 9.17) is 10.5 Å². The first-order valence-corrected chi connectivity index (χ1v) is 7.97. The van der Waals surface area contributed by atoms with Gasteiger partial charge >= 0.3 is 0 Å². The van der Waals surface area contributed by atoms with Crippen LogP contribution in [-0.4, -0.2) is 50.8 Å². The molecule has 1 amide bonds. The maximum Gasteiger partial charge on any atom is 0.256 e. The van der Waals surface area contributed by atoms with Crippen LogP contribution in [0, 0.1) is 0 Å². The monoisotopic (exact) mass is 330 g/mol. The van der Waals surface area contributed by atoms with Gasteiger partial charge < -0.3 is 15.4 Å². The van der Waals surface area contributed by atoms with Crippen molar-refractivity contribution >= 4 is 11.9 Å². The number of methoxy groups -OCH3 is 1. The first-order chi connectivity index (χ1) is 11.6. The molecule has 0 spiro atoms. The van der Waals surface area contributed by atoms with Gasteiger partial charge in [0.25, 0.3) is 5.91 Å². The van der Waals surface area contributed by atoms with Crippen LogP contribution in [0.4, 0.5) is 5.95 Å². The second kappa shape index (κ2) is 6.96. The first kappa shape index (κ1) is 16.4. The molecule has 24 heavy (non-hydrogen) atoms. The van der Waals surface area contributed by atoms with E-state index in [0.717, 1.165) is 30.6 Å². The van der Waals surface area contributed by atoms with Gasteiger partial charge in [0, 0.05) is 51.1 Å². The van der Waals surface area contributed by atoms with Gasteiger partial charge in [0.2, 0.25) is 5.95 Å². The number of hydrogen-bond donors (Lipinski definition) is 1. The molecule has 2 atom stereocenters. The third kappa shape index (κ3) is 3.38. The molecule has 1 saturated heterocycles. The van der Waals surface area contributed by atoms with E-state index in [2.05, 4.69) is 15.1 Å². The highest BCUT2D eigenvalue weighted by molar-refractivity contribution is 5.82. The lowest BCUT2D eigenvalue weighted by molar-refractivity contribution is -0.143. The molecule has 0 aliphatic carbocycles. The smallest absolute Gasteiger partial charge is 0.256 e. The van der Waals surface area contributed by atoms with Gasteiger partial charge in [-0.2, -0.15) is 5.10 Å². The molecular formula is C16H22N6O2. The maximum atomic E-state index is 12.9. The lowest BCUT2D eigenvalue weighted by Crippen LogP contribution is -2.42. The second-order valence-electron chi connectivity index (χ2n) is 6.03. The summed E-state index contributed by atoms with van der Waals surface area (Å²) in [6.07, 6.45) is 6.39. The molecule has 2 unspecified atom stereocenters.